The third kappa shape index (κ3) is 3.01. The van der Waals surface area contributed by atoms with Crippen LogP contribution in [0.1, 0.15) is 23.2 Å². The van der Waals surface area contributed by atoms with Gasteiger partial charge in [-0.3, -0.25) is 9.48 Å². The van der Waals surface area contributed by atoms with Gasteiger partial charge in [-0.1, -0.05) is 0 Å². The molecular weight excluding hydrogens is 322 g/mol. The first-order valence-corrected chi connectivity index (χ1v) is 8.52. The van der Waals surface area contributed by atoms with Crippen LogP contribution >= 0.6 is 0 Å². The molecule has 1 atom stereocenters. The van der Waals surface area contributed by atoms with Gasteiger partial charge in [0.2, 0.25) is 5.75 Å². The zero-order valence-electron chi connectivity index (χ0n) is 14.2. The Kier molecular flexibility index (Phi) is 4.21. The number of carbonyl (C=O) groups is 1. The summed E-state index contributed by atoms with van der Waals surface area (Å²) < 4.78 is 18.5. The topological polar surface area (TPSA) is 65.8 Å². The summed E-state index contributed by atoms with van der Waals surface area (Å²) in [6, 6.07) is 5.53. The van der Waals surface area contributed by atoms with E-state index in [0.29, 0.717) is 42.6 Å². The predicted octanol–water partition coefficient (Wildman–Crippen LogP) is 1.97. The Labute approximate surface area is 146 Å². The fraction of sp³-hybridized carbons (Fsp3) is 0.444. The highest BCUT2D eigenvalue weighted by molar-refractivity contribution is 5.96. The first kappa shape index (κ1) is 15.8. The van der Waals surface area contributed by atoms with Crippen LogP contribution in [0.2, 0.25) is 0 Å². The molecule has 1 saturated heterocycles. The lowest BCUT2D eigenvalue weighted by Gasteiger charge is -2.26. The number of hydrogen-bond acceptors (Lipinski definition) is 5. The summed E-state index contributed by atoms with van der Waals surface area (Å²) in [6.07, 6.45) is 5.66. The van der Waals surface area contributed by atoms with E-state index in [1.165, 1.54) is 0 Å². The molecule has 4 rings (SSSR count). The molecule has 1 fully saturated rings. The Balaban J connectivity index is 1.59. The maximum atomic E-state index is 13.1. The number of ether oxygens (including phenoxy) is 3. The number of fused-ring (bicyclic) bond motifs is 1. The largest absolute Gasteiger partial charge is 0.493 e. The molecule has 2 aliphatic rings. The van der Waals surface area contributed by atoms with Crippen LogP contribution in [0.25, 0.3) is 0 Å². The summed E-state index contributed by atoms with van der Waals surface area (Å²) in [5.41, 5.74) is 0.563. The van der Waals surface area contributed by atoms with Crippen LogP contribution in [0.3, 0.4) is 0 Å². The van der Waals surface area contributed by atoms with Crippen LogP contribution in [-0.2, 0) is 6.54 Å². The van der Waals surface area contributed by atoms with E-state index in [1.54, 1.807) is 25.4 Å². The molecule has 132 valence electrons. The van der Waals surface area contributed by atoms with Gasteiger partial charge in [0.05, 0.1) is 19.7 Å². The molecule has 1 aromatic carbocycles. The molecule has 0 aliphatic carbocycles. The van der Waals surface area contributed by atoms with Crippen LogP contribution in [0, 0.1) is 0 Å². The van der Waals surface area contributed by atoms with Crippen molar-refractivity contribution in [2.75, 3.05) is 26.9 Å². The van der Waals surface area contributed by atoms with Gasteiger partial charge in [0, 0.05) is 24.5 Å². The highest BCUT2D eigenvalue weighted by Crippen LogP contribution is 2.41. The molecule has 0 bridgehead atoms. The van der Waals surface area contributed by atoms with E-state index >= 15 is 0 Å². The van der Waals surface area contributed by atoms with Gasteiger partial charge in [-0.05, 0) is 31.0 Å². The monoisotopic (exact) mass is 343 g/mol. The standard InChI is InChI=1S/C18H21N3O4/c1-23-15-10-13(11-16-17(15)25-9-8-24-16)18(22)21-7-2-4-14(21)12-20-6-3-5-19-20/h3,5-6,10-11,14H,2,4,7-9,12H2,1H3/t14-/m1/s1. The number of rotatable bonds is 4. The molecule has 2 aromatic rings. The van der Waals surface area contributed by atoms with E-state index in [2.05, 4.69) is 5.10 Å². The van der Waals surface area contributed by atoms with E-state index in [4.69, 9.17) is 14.2 Å². The summed E-state index contributed by atoms with van der Waals surface area (Å²) in [5.74, 6) is 1.66. The maximum Gasteiger partial charge on any atom is 0.254 e. The van der Waals surface area contributed by atoms with Crippen molar-refractivity contribution in [3.05, 3.63) is 36.2 Å². The van der Waals surface area contributed by atoms with Gasteiger partial charge >= 0.3 is 0 Å². The third-order valence-electron chi connectivity index (χ3n) is 4.67. The summed E-state index contributed by atoms with van der Waals surface area (Å²) in [7, 11) is 1.57. The number of aromatic nitrogens is 2. The van der Waals surface area contributed by atoms with Crippen LogP contribution < -0.4 is 14.2 Å². The van der Waals surface area contributed by atoms with Crippen molar-refractivity contribution in [3.63, 3.8) is 0 Å². The highest BCUT2D eigenvalue weighted by atomic mass is 16.6. The fourth-order valence-electron chi connectivity index (χ4n) is 3.48. The van der Waals surface area contributed by atoms with E-state index in [-0.39, 0.29) is 11.9 Å². The quantitative estimate of drug-likeness (QED) is 0.849. The van der Waals surface area contributed by atoms with Crippen molar-refractivity contribution in [1.82, 2.24) is 14.7 Å². The Morgan fingerprint density at radius 1 is 1.36 bits per heavy atom. The van der Waals surface area contributed by atoms with E-state index in [9.17, 15) is 4.79 Å². The fourth-order valence-corrected chi connectivity index (χ4v) is 3.48. The minimum atomic E-state index is -0.00932. The average Bonchev–Trinajstić information content (AvgIpc) is 3.32. The number of nitrogens with zero attached hydrogens (tertiary/aromatic N) is 3. The van der Waals surface area contributed by atoms with Gasteiger partial charge in [-0.25, -0.2) is 0 Å². The molecule has 25 heavy (non-hydrogen) atoms. The van der Waals surface area contributed by atoms with Crippen LogP contribution in [-0.4, -0.2) is 53.5 Å². The Bertz CT molecular complexity index is 743. The van der Waals surface area contributed by atoms with Gasteiger partial charge in [-0.15, -0.1) is 0 Å². The number of amides is 1. The van der Waals surface area contributed by atoms with Crippen molar-refractivity contribution in [2.45, 2.75) is 25.4 Å². The predicted molar refractivity (Wildman–Crippen MR) is 90.3 cm³/mol. The summed E-state index contributed by atoms with van der Waals surface area (Å²) in [5, 5.41) is 4.25. The molecule has 0 unspecified atom stereocenters. The van der Waals surface area contributed by atoms with Crippen LogP contribution in [0.5, 0.6) is 17.2 Å². The third-order valence-corrected chi connectivity index (χ3v) is 4.67. The van der Waals surface area contributed by atoms with Crippen molar-refractivity contribution in [3.8, 4) is 17.2 Å². The van der Waals surface area contributed by atoms with Crippen molar-refractivity contribution < 1.29 is 19.0 Å². The molecule has 7 nitrogen and oxygen atoms in total. The minimum Gasteiger partial charge on any atom is -0.493 e. The highest BCUT2D eigenvalue weighted by Gasteiger charge is 2.31. The molecule has 0 spiro atoms. The van der Waals surface area contributed by atoms with E-state index in [1.807, 2.05) is 21.8 Å². The molecule has 3 heterocycles. The zero-order chi connectivity index (χ0) is 17.2. The smallest absolute Gasteiger partial charge is 0.254 e. The normalized spacial score (nSPS) is 19.1. The van der Waals surface area contributed by atoms with Gasteiger partial charge in [0.15, 0.2) is 11.5 Å². The Morgan fingerprint density at radius 3 is 3.04 bits per heavy atom. The molecule has 1 aromatic heterocycles. The van der Waals surface area contributed by atoms with Crippen molar-refractivity contribution >= 4 is 5.91 Å². The molecule has 0 radical (unpaired) electrons. The molecular formula is C18H21N3O4. The van der Waals surface area contributed by atoms with Crippen LogP contribution in [0.15, 0.2) is 30.6 Å². The summed E-state index contributed by atoms with van der Waals surface area (Å²) in [4.78, 5) is 15.0. The number of benzene rings is 1. The molecule has 0 N–H and O–H groups in total. The van der Waals surface area contributed by atoms with Crippen molar-refractivity contribution in [2.24, 2.45) is 0 Å². The molecule has 2 aliphatic heterocycles. The number of carbonyl (C=O) groups excluding carboxylic acids is 1. The van der Waals surface area contributed by atoms with Crippen molar-refractivity contribution in [1.29, 1.82) is 0 Å². The Hall–Kier alpha value is -2.70. The van der Waals surface area contributed by atoms with Gasteiger partial charge in [0.25, 0.3) is 5.91 Å². The number of hydrogen-bond donors (Lipinski definition) is 0. The number of methoxy groups -OCH3 is 1. The second kappa shape index (κ2) is 6.66. The number of likely N-dealkylation sites (tertiary alicyclic amines) is 1. The SMILES string of the molecule is COc1cc(C(=O)N2CCC[C@@H]2Cn2cccn2)cc2c1OCCO2. The summed E-state index contributed by atoms with van der Waals surface area (Å²) >= 11 is 0. The lowest BCUT2D eigenvalue weighted by Crippen LogP contribution is -2.38. The lowest BCUT2D eigenvalue weighted by molar-refractivity contribution is 0.0720. The van der Waals surface area contributed by atoms with E-state index in [0.717, 1.165) is 19.4 Å². The van der Waals surface area contributed by atoms with Gasteiger partial charge in [0.1, 0.15) is 13.2 Å². The molecule has 0 saturated carbocycles. The zero-order valence-corrected chi connectivity index (χ0v) is 14.2. The molecule has 1 amide bonds. The lowest BCUT2D eigenvalue weighted by atomic mass is 10.1. The van der Waals surface area contributed by atoms with Crippen LogP contribution in [0.4, 0.5) is 0 Å². The summed E-state index contributed by atoms with van der Waals surface area (Å²) in [6.45, 7) is 2.41. The first-order valence-electron chi connectivity index (χ1n) is 8.52. The molecule has 7 heteroatoms. The van der Waals surface area contributed by atoms with Gasteiger partial charge in [-0.2, -0.15) is 5.10 Å². The minimum absolute atomic E-state index is 0.00932. The van der Waals surface area contributed by atoms with E-state index < -0.39 is 0 Å². The second-order valence-corrected chi connectivity index (χ2v) is 6.23. The maximum absolute atomic E-state index is 13.1. The average molecular weight is 343 g/mol. The second-order valence-electron chi connectivity index (χ2n) is 6.23. The van der Waals surface area contributed by atoms with Gasteiger partial charge < -0.3 is 19.1 Å². The first-order chi connectivity index (χ1) is 12.3. The Morgan fingerprint density at radius 2 is 2.24 bits per heavy atom.